The molecule has 4 aromatic carbocycles. The second-order valence-corrected chi connectivity index (χ2v) is 9.39. The van der Waals surface area contributed by atoms with Gasteiger partial charge in [0.05, 0.1) is 11.4 Å². The summed E-state index contributed by atoms with van der Waals surface area (Å²) < 4.78 is 0. The Hall–Kier alpha value is -4.20. The lowest BCUT2D eigenvalue weighted by Crippen LogP contribution is -2.22. The Labute approximate surface area is 232 Å². The summed E-state index contributed by atoms with van der Waals surface area (Å²) in [5, 5.41) is 34.4. The Morgan fingerprint density at radius 3 is 1.53 bits per heavy atom. The third kappa shape index (κ3) is 7.65. The van der Waals surface area contributed by atoms with E-state index < -0.39 is 0 Å². The number of rotatable bonds is 9. The van der Waals surface area contributed by atoms with E-state index in [1.165, 1.54) is 0 Å². The van der Waals surface area contributed by atoms with Gasteiger partial charge in [-0.15, -0.1) is 5.11 Å². The zero-order valence-electron chi connectivity index (χ0n) is 20.7. The van der Waals surface area contributed by atoms with Crippen LogP contribution in [0, 0.1) is 10.8 Å². The maximum absolute atomic E-state index is 8.30. The molecule has 0 fully saturated rings. The molecule has 7 nitrogen and oxygen atoms in total. The fraction of sp³-hybridized carbons (Fsp3) is 0.103. The van der Waals surface area contributed by atoms with Gasteiger partial charge in [0.25, 0.3) is 0 Å². The van der Waals surface area contributed by atoms with Crippen LogP contribution in [0.15, 0.2) is 107 Å². The molecule has 0 heterocycles. The van der Waals surface area contributed by atoms with Crippen molar-refractivity contribution < 1.29 is 0 Å². The average Bonchev–Trinajstić information content (AvgIpc) is 2.95. The third-order valence-electron chi connectivity index (χ3n) is 5.75. The van der Waals surface area contributed by atoms with Gasteiger partial charge in [0.2, 0.25) is 0 Å². The lowest BCUT2D eigenvalue weighted by atomic mass is 10.1. The molecule has 0 bridgehead atoms. The number of halogens is 2. The molecule has 0 saturated heterocycles. The van der Waals surface area contributed by atoms with E-state index in [0.29, 0.717) is 40.5 Å². The summed E-state index contributed by atoms with van der Waals surface area (Å²) in [5.74, 6) is 0.665. The number of hydrogen-bond acceptors (Lipinski definition) is 4. The van der Waals surface area contributed by atoms with Gasteiger partial charge in [0, 0.05) is 41.3 Å². The molecular weight excluding hydrogens is 517 g/mol. The zero-order chi connectivity index (χ0) is 26.9. The van der Waals surface area contributed by atoms with Crippen LogP contribution in [0.1, 0.15) is 22.3 Å². The minimum atomic E-state index is 0.328. The van der Waals surface area contributed by atoms with Crippen molar-refractivity contribution in [2.75, 3.05) is 12.1 Å². The van der Waals surface area contributed by atoms with Crippen LogP contribution in [-0.4, -0.2) is 18.7 Å². The van der Waals surface area contributed by atoms with Gasteiger partial charge in [-0.3, -0.25) is 10.8 Å². The Morgan fingerprint density at radius 1 is 0.658 bits per heavy atom. The smallest absolute Gasteiger partial charge is 0.125 e. The van der Waals surface area contributed by atoms with E-state index in [1.54, 1.807) is 5.01 Å². The number of amidine groups is 2. The molecule has 0 unspecified atom stereocenters. The highest BCUT2D eigenvalue weighted by Gasteiger charge is 2.05. The van der Waals surface area contributed by atoms with Crippen molar-refractivity contribution in [3.05, 3.63) is 129 Å². The van der Waals surface area contributed by atoms with E-state index in [0.717, 1.165) is 27.9 Å². The highest BCUT2D eigenvalue weighted by atomic mass is 35.5. The minimum absolute atomic E-state index is 0.328. The van der Waals surface area contributed by atoms with Crippen molar-refractivity contribution in [1.29, 1.82) is 10.8 Å². The second-order valence-electron chi connectivity index (χ2n) is 8.52. The van der Waals surface area contributed by atoms with E-state index >= 15 is 0 Å². The molecule has 0 radical (unpaired) electrons. The van der Waals surface area contributed by atoms with Crippen molar-refractivity contribution in [2.45, 2.75) is 13.1 Å². The maximum atomic E-state index is 8.30. The molecular formula is C29H27Cl2N7. The molecule has 0 atom stereocenters. The number of nitrogens with one attached hydrogen (secondary N) is 4. The molecule has 0 aromatic heterocycles. The van der Waals surface area contributed by atoms with Gasteiger partial charge in [-0.1, -0.05) is 52.7 Å². The fourth-order valence-electron chi connectivity index (χ4n) is 3.50. The summed E-state index contributed by atoms with van der Waals surface area (Å²) in [4.78, 5) is 0. The third-order valence-corrected chi connectivity index (χ3v) is 6.25. The molecule has 0 saturated carbocycles. The van der Waals surface area contributed by atoms with Crippen LogP contribution in [0.2, 0.25) is 10.0 Å². The van der Waals surface area contributed by atoms with Crippen LogP contribution in [-0.2, 0) is 13.1 Å². The monoisotopic (exact) mass is 543 g/mol. The lowest BCUT2D eigenvalue weighted by Gasteiger charge is -2.13. The summed E-state index contributed by atoms with van der Waals surface area (Å²) >= 11 is 11.8. The van der Waals surface area contributed by atoms with E-state index in [1.807, 2.05) is 104 Å². The maximum Gasteiger partial charge on any atom is 0.125 e. The molecule has 4 rings (SSSR count). The van der Waals surface area contributed by atoms with E-state index in [2.05, 4.69) is 21.0 Å². The molecule has 4 N–H and O–H groups in total. The van der Waals surface area contributed by atoms with Gasteiger partial charge in [-0.05, 0) is 83.9 Å². The van der Waals surface area contributed by atoms with Crippen molar-refractivity contribution >= 4 is 46.2 Å². The van der Waals surface area contributed by atoms with Crippen LogP contribution in [0.25, 0.3) is 0 Å². The highest BCUT2D eigenvalue weighted by molar-refractivity contribution is 6.30. The fourth-order valence-corrected chi connectivity index (χ4v) is 3.75. The SMILES string of the molecule is CN(/N=N/c1ccc(C(=N)NCc2ccc(Cl)cc2)cc1)c1ccc(C(=N)NCc2ccc(Cl)cc2)cc1. The van der Waals surface area contributed by atoms with Gasteiger partial charge in [-0.2, -0.15) is 0 Å². The summed E-state index contributed by atoms with van der Waals surface area (Å²) in [6.07, 6.45) is 0. The van der Waals surface area contributed by atoms with Crippen LogP contribution in [0.4, 0.5) is 11.4 Å². The van der Waals surface area contributed by atoms with Gasteiger partial charge in [-0.25, -0.2) is 5.01 Å². The molecule has 0 aliphatic heterocycles. The number of nitrogens with zero attached hydrogens (tertiary/aromatic N) is 3. The molecule has 0 aliphatic carbocycles. The number of anilines is 1. The van der Waals surface area contributed by atoms with Crippen molar-refractivity contribution in [1.82, 2.24) is 10.6 Å². The summed E-state index contributed by atoms with van der Waals surface area (Å²) in [5.41, 5.74) is 5.15. The van der Waals surface area contributed by atoms with E-state index in [4.69, 9.17) is 34.0 Å². The normalized spacial score (nSPS) is 10.8. The van der Waals surface area contributed by atoms with Crippen molar-refractivity contribution in [3.63, 3.8) is 0 Å². The largest absolute Gasteiger partial charge is 0.366 e. The first-order valence-corrected chi connectivity index (χ1v) is 12.6. The summed E-state index contributed by atoms with van der Waals surface area (Å²) in [7, 11) is 1.81. The average molecular weight is 544 g/mol. The topological polar surface area (TPSA) is 99.7 Å². The van der Waals surface area contributed by atoms with E-state index in [-0.39, 0.29) is 0 Å². The molecule has 0 aliphatic rings. The predicted molar refractivity (Wildman–Crippen MR) is 156 cm³/mol. The quantitative estimate of drug-likeness (QED) is 0.0767. The van der Waals surface area contributed by atoms with Crippen LogP contribution in [0.3, 0.4) is 0 Å². The Bertz CT molecular complexity index is 1400. The molecule has 9 heteroatoms. The number of hydrogen-bond donors (Lipinski definition) is 4. The van der Waals surface area contributed by atoms with Crippen LogP contribution < -0.4 is 15.6 Å². The first kappa shape index (κ1) is 26.9. The Kier molecular flexibility index (Phi) is 9.08. The van der Waals surface area contributed by atoms with Gasteiger partial charge in [0.1, 0.15) is 11.7 Å². The van der Waals surface area contributed by atoms with E-state index in [9.17, 15) is 0 Å². The van der Waals surface area contributed by atoms with Crippen LogP contribution >= 0.6 is 23.2 Å². The zero-order valence-corrected chi connectivity index (χ0v) is 22.3. The molecule has 38 heavy (non-hydrogen) atoms. The van der Waals surface area contributed by atoms with Crippen LogP contribution in [0.5, 0.6) is 0 Å². The first-order chi connectivity index (χ1) is 18.4. The molecule has 0 amide bonds. The highest BCUT2D eigenvalue weighted by Crippen LogP contribution is 2.18. The Morgan fingerprint density at radius 2 is 1.08 bits per heavy atom. The predicted octanol–water partition coefficient (Wildman–Crippen LogP) is 7.36. The number of benzene rings is 4. The molecule has 4 aromatic rings. The Balaban J connectivity index is 1.27. The van der Waals surface area contributed by atoms with Crippen molar-refractivity contribution in [2.24, 2.45) is 10.3 Å². The molecule has 192 valence electrons. The minimum Gasteiger partial charge on any atom is -0.366 e. The van der Waals surface area contributed by atoms with Gasteiger partial charge in [0.15, 0.2) is 0 Å². The van der Waals surface area contributed by atoms with Gasteiger partial charge < -0.3 is 10.6 Å². The second kappa shape index (κ2) is 12.9. The first-order valence-electron chi connectivity index (χ1n) is 11.9. The lowest BCUT2D eigenvalue weighted by molar-refractivity contribution is 0.906. The summed E-state index contributed by atoms with van der Waals surface area (Å²) in [6.45, 7) is 1.08. The van der Waals surface area contributed by atoms with Gasteiger partial charge >= 0.3 is 0 Å². The molecule has 0 spiro atoms. The summed E-state index contributed by atoms with van der Waals surface area (Å²) in [6, 6.07) is 29.9. The van der Waals surface area contributed by atoms with Crippen molar-refractivity contribution in [3.8, 4) is 0 Å². The standard InChI is InChI=1S/C29H27Cl2N7/c1-38(27-16-8-23(9-17-27)29(33)35-19-21-4-12-25(31)13-5-21)37-36-26-14-6-22(7-15-26)28(32)34-18-20-2-10-24(30)11-3-20/h2-17H,18-19H2,1H3,(H2,32,34)(H2,33,35)/b37-36+.